The summed E-state index contributed by atoms with van der Waals surface area (Å²) in [6.45, 7) is 1.94. The third-order valence-electron chi connectivity index (χ3n) is 2.52. The Morgan fingerprint density at radius 2 is 1.89 bits per heavy atom. The van der Waals surface area contributed by atoms with E-state index in [1.165, 1.54) is 18.4 Å². The summed E-state index contributed by atoms with van der Waals surface area (Å²) in [6.07, 6.45) is 0. The fraction of sp³-hybridized carbons (Fsp3) is 0.143. The van der Waals surface area contributed by atoms with E-state index in [9.17, 15) is 9.59 Å². The van der Waals surface area contributed by atoms with Gasteiger partial charge in [0.1, 0.15) is 0 Å². The monoisotopic (exact) mass is 275 g/mol. The smallest absolute Gasteiger partial charge is 0.337 e. The Bertz CT molecular complexity index is 601. The van der Waals surface area contributed by atoms with Crippen molar-refractivity contribution >= 4 is 28.9 Å². The van der Waals surface area contributed by atoms with Crippen LogP contribution in [0.2, 0.25) is 0 Å². The molecule has 1 aromatic heterocycles. The minimum absolute atomic E-state index is 0.149. The second-order valence-electron chi connectivity index (χ2n) is 4.01. The number of hydrogen-bond donors (Lipinski definition) is 1. The highest BCUT2D eigenvalue weighted by Crippen LogP contribution is 2.17. The molecule has 0 aliphatic carbocycles. The number of carbonyl (C=O) groups is 2. The van der Waals surface area contributed by atoms with Crippen LogP contribution in [0.3, 0.4) is 0 Å². The molecule has 0 aliphatic rings. The highest BCUT2D eigenvalue weighted by molar-refractivity contribution is 7.12. The fourth-order valence-corrected chi connectivity index (χ4v) is 2.34. The molecule has 98 valence electrons. The molecule has 1 N–H and O–H groups in total. The minimum atomic E-state index is -0.397. The third kappa shape index (κ3) is 3.20. The summed E-state index contributed by atoms with van der Waals surface area (Å²) in [6, 6.07) is 8.40. The van der Waals surface area contributed by atoms with E-state index in [0.29, 0.717) is 16.1 Å². The van der Waals surface area contributed by atoms with Gasteiger partial charge in [0.05, 0.1) is 17.6 Å². The SMILES string of the molecule is COC(=O)c1ccc(NC(=O)c2cc(C)cs2)cc1. The van der Waals surface area contributed by atoms with Crippen molar-refractivity contribution in [2.45, 2.75) is 6.92 Å². The van der Waals surface area contributed by atoms with Gasteiger partial charge in [0.15, 0.2) is 0 Å². The van der Waals surface area contributed by atoms with Crippen LogP contribution >= 0.6 is 11.3 Å². The Hall–Kier alpha value is -2.14. The number of ether oxygens (including phenoxy) is 1. The van der Waals surface area contributed by atoms with Crippen LogP contribution in [0.25, 0.3) is 0 Å². The number of thiophene rings is 1. The van der Waals surface area contributed by atoms with E-state index in [-0.39, 0.29) is 5.91 Å². The molecule has 0 bridgehead atoms. The summed E-state index contributed by atoms with van der Waals surface area (Å²) in [5.74, 6) is -0.546. The molecule has 19 heavy (non-hydrogen) atoms. The number of rotatable bonds is 3. The molecule has 1 amide bonds. The minimum Gasteiger partial charge on any atom is -0.465 e. The van der Waals surface area contributed by atoms with E-state index in [1.54, 1.807) is 24.3 Å². The molecule has 2 rings (SSSR count). The summed E-state index contributed by atoms with van der Waals surface area (Å²) < 4.78 is 4.60. The van der Waals surface area contributed by atoms with Gasteiger partial charge in [-0.05, 0) is 48.2 Å². The van der Waals surface area contributed by atoms with Gasteiger partial charge in [-0.3, -0.25) is 4.79 Å². The van der Waals surface area contributed by atoms with Gasteiger partial charge in [-0.25, -0.2) is 4.79 Å². The molecule has 0 saturated carbocycles. The molecular formula is C14H13NO3S. The summed E-state index contributed by atoms with van der Waals surface area (Å²) >= 11 is 1.40. The van der Waals surface area contributed by atoms with E-state index in [2.05, 4.69) is 10.1 Å². The predicted molar refractivity (Wildman–Crippen MR) is 74.8 cm³/mol. The van der Waals surface area contributed by atoms with E-state index in [0.717, 1.165) is 5.56 Å². The van der Waals surface area contributed by atoms with Crippen LogP contribution in [0.1, 0.15) is 25.6 Å². The Morgan fingerprint density at radius 1 is 1.21 bits per heavy atom. The number of carbonyl (C=O) groups excluding carboxylic acids is 2. The Labute approximate surface area is 115 Å². The Balaban J connectivity index is 2.07. The van der Waals surface area contributed by atoms with Crippen molar-refractivity contribution in [2.24, 2.45) is 0 Å². The largest absolute Gasteiger partial charge is 0.465 e. The van der Waals surface area contributed by atoms with Crippen molar-refractivity contribution in [2.75, 3.05) is 12.4 Å². The van der Waals surface area contributed by atoms with Crippen molar-refractivity contribution < 1.29 is 14.3 Å². The first-order valence-electron chi connectivity index (χ1n) is 5.65. The van der Waals surface area contributed by atoms with Crippen LogP contribution in [0, 0.1) is 6.92 Å². The van der Waals surface area contributed by atoms with Crippen LogP contribution < -0.4 is 5.32 Å². The number of esters is 1. The van der Waals surface area contributed by atoms with Gasteiger partial charge in [-0.1, -0.05) is 0 Å². The Kier molecular flexibility index (Phi) is 3.97. The maximum atomic E-state index is 11.9. The molecule has 4 nitrogen and oxygen atoms in total. The number of hydrogen-bond acceptors (Lipinski definition) is 4. The van der Waals surface area contributed by atoms with Gasteiger partial charge < -0.3 is 10.1 Å². The zero-order valence-electron chi connectivity index (χ0n) is 10.6. The average molecular weight is 275 g/mol. The first kappa shape index (κ1) is 13.3. The third-order valence-corrected chi connectivity index (χ3v) is 3.57. The van der Waals surface area contributed by atoms with Crippen LogP contribution in [-0.2, 0) is 4.74 Å². The molecule has 0 unspecified atom stereocenters. The molecule has 0 saturated heterocycles. The molecule has 0 spiro atoms. The number of benzene rings is 1. The van der Waals surface area contributed by atoms with Gasteiger partial charge in [0, 0.05) is 5.69 Å². The molecule has 1 aromatic carbocycles. The number of methoxy groups -OCH3 is 1. The second-order valence-corrected chi connectivity index (χ2v) is 4.92. The molecule has 5 heteroatoms. The predicted octanol–water partition coefficient (Wildman–Crippen LogP) is 3.10. The van der Waals surface area contributed by atoms with Gasteiger partial charge in [-0.2, -0.15) is 0 Å². The number of amides is 1. The molecule has 0 fully saturated rings. The van der Waals surface area contributed by atoms with Crippen molar-refractivity contribution in [3.05, 3.63) is 51.7 Å². The van der Waals surface area contributed by atoms with Crippen LogP contribution in [0.15, 0.2) is 35.7 Å². The first-order valence-corrected chi connectivity index (χ1v) is 6.53. The highest BCUT2D eigenvalue weighted by atomic mass is 32.1. The van der Waals surface area contributed by atoms with Gasteiger partial charge in [-0.15, -0.1) is 11.3 Å². The second kappa shape index (κ2) is 5.67. The summed E-state index contributed by atoms with van der Waals surface area (Å²) in [5, 5.41) is 4.70. The van der Waals surface area contributed by atoms with Crippen LogP contribution in [0.4, 0.5) is 5.69 Å². The van der Waals surface area contributed by atoms with Gasteiger partial charge >= 0.3 is 5.97 Å². The van der Waals surface area contributed by atoms with Crippen molar-refractivity contribution in [3.63, 3.8) is 0 Å². The topological polar surface area (TPSA) is 55.4 Å². The molecule has 0 atom stereocenters. The lowest BCUT2D eigenvalue weighted by atomic mass is 10.2. The lowest BCUT2D eigenvalue weighted by molar-refractivity contribution is 0.0600. The van der Waals surface area contributed by atoms with Crippen LogP contribution in [0.5, 0.6) is 0 Å². The molecular weight excluding hydrogens is 262 g/mol. The van der Waals surface area contributed by atoms with Crippen molar-refractivity contribution in [1.29, 1.82) is 0 Å². The molecule has 1 heterocycles. The van der Waals surface area contributed by atoms with E-state index in [4.69, 9.17) is 0 Å². The van der Waals surface area contributed by atoms with E-state index < -0.39 is 5.97 Å². The van der Waals surface area contributed by atoms with E-state index in [1.807, 2.05) is 18.4 Å². The van der Waals surface area contributed by atoms with Gasteiger partial charge in [0.25, 0.3) is 5.91 Å². The maximum Gasteiger partial charge on any atom is 0.337 e. The first-order chi connectivity index (χ1) is 9.10. The standard InChI is InChI=1S/C14H13NO3S/c1-9-7-12(19-8-9)13(16)15-11-5-3-10(4-6-11)14(17)18-2/h3-8H,1-2H3,(H,15,16). The van der Waals surface area contributed by atoms with Crippen molar-refractivity contribution in [3.8, 4) is 0 Å². The number of aryl methyl sites for hydroxylation is 1. The van der Waals surface area contributed by atoms with Gasteiger partial charge in [0.2, 0.25) is 0 Å². The van der Waals surface area contributed by atoms with Crippen molar-refractivity contribution in [1.82, 2.24) is 0 Å². The lowest BCUT2D eigenvalue weighted by Gasteiger charge is -2.04. The molecule has 2 aromatic rings. The zero-order chi connectivity index (χ0) is 13.8. The number of anilines is 1. The van der Waals surface area contributed by atoms with E-state index >= 15 is 0 Å². The normalized spacial score (nSPS) is 10.0. The fourth-order valence-electron chi connectivity index (χ4n) is 1.55. The summed E-state index contributed by atoms with van der Waals surface area (Å²) in [5.41, 5.74) is 2.16. The lowest BCUT2D eigenvalue weighted by Crippen LogP contribution is -2.10. The van der Waals surface area contributed by atoms with Crippen LogP contribution in [-0.4, -0.2) is 19.0 Å². The average Bonchev–Trinajstić information content (AvgIpc) is 2.85. The summed E-state index contributed by atoms with van der Waals surface area (Å²) in [4.78, 5) is 23.8. The quantitative estimate of drug-likeness (QED) is 0.876. The zero-order valence-corrected chi connectivity index (χ0v) is 11.4. The molecule has 0 radical (unpaired) electrons. The number of nitrogens with one attached hydrogen (secondary N) is 1. The molecule has 0 aliphatic heterocycles. The Morgan fingerprint density at radius 3 is 2.42 bits per heavy atom. The highest BCUT2D eigenvalue weighted by Gasteiger charge is 2.09. The maximum absolute atomic E-state index is 11.9. The summed E-state index contributed by atoms with van der Waals surface area (Å²) in [7, 11) is 1.33.